The molecule has 0 atom stereocenters. The van der Waals surface area contributed by atoms with E-state index in [1.807, 2.05) is 0 Å². The normalized spacial score (nSPS) is 10.2. The number of halogens is 1. The van der Waals surface area contributed by atoms with Crippen molar-refractivity contribution in [2.75, 3.05) is 5.32 Å². The average molecular weight is 349 g/mol. The summed E-state index contributed by atoms with van der Waals surface area (Å²) in [6.45, 7) is 3.54. The molecule has 1 aromatic heterocycles. The second kappa shape index (κ2) is 6.05. The zero-order valence-corrected chi connectivity index (χ0v) is 13.1. The van der Waals surface area contributed by atoms with Gasteiger partial charge < -0.3 is 10.4 Å². The van der Waals surface area contributed by atoms with Crippen LogP contribution in [0.5, 0.6) is 0 Å². The van der Waals surface area contributed by atoms with E-state index in [4.69, 9.17) is 0 Å². The number of aromatic carboxylic acids is 1. The number of hydrogen-bond donors (Lipinski definition) is 2. The summed E-state index contributed by atoms with van der Waals surface area (Å²) in [4.78, 5) is 27.4. The number of aromatic nitrogens is 1. The van der Waals surface area contributed by atoms with Crippen LogP contribution in [0, 0.1) is 13.8 Å². The Morgan fingerprint density at radius 1 is 1.24 bits per heavy atom. The Hall–Kier alpha value is -2.21. The maximum atomic E-state index is 12.2. The summed E-state index contributed by atoms with van der Waals surface area (Å²) in [5.41, 5.74) is 2.48. The first-order valence-corrected chi connectivity index (χ1v) is 6.96. The van der Waals surface area contributed by atoms with Gasteiger partial charge in [-0.3, -0.25) is 4.79 Å². The number of anilines is 1. The van der Waals surface area contributed by atoms with E-state index < -0.39 is 5.97 Å². The lowest BCUT2D eigenvalue weighted by molar-refractivity contribution is 0.0695. The number of carbonyl (C=O) groups excluding carboxylic acids is 1. The van der Waals surface area contributed by atoms with Gasteiger partial charge in [-0.15, -0.1) is 0 Å². The van der Waals surface area contributed by atoms with Gasteiger partial charge in [0.15, 0.2) is 0 Å². The smallest absolute Gasteiger partial charge is 0.336 e. The largest absolute Gasteiger partial charge is 0.478 e. The van der Waals surface area contributed by atoms with Gasteiger partial charge in [0.1, 0.15) is 4.60 Å². The van der Waals surface area contributed by atoms with E-state index in [2.05, 4.69) is 26.2 Å². The first-order chi connectivity index (χ1) is 9.90. The van der Waals surface area contributed by atoms with Crippen molar-refractivity contribution in [1.82, 2.24) is 4.98 Å². The van der Waals surface area contributed by atoms with Crippen LogP contribution in [0.25, 0.3) is 0 Å². The first-order valence-electron chi connectivity index (χ1n) is 6.16. The fourth-order valence-corrected chi connectivity index (χ4v) is 2.34. The molecule has 1 heterocycles. The van der Waals surface area contributed by atoms with Gasteiger partial charge in [0, 0.05) is 11.9 Å². The maximum Gasteiger partial charge on any atom is 0.336 e. The summed E-state index contributed by atoms with van der Waals surface area (Å²) in [5, 5.41) is 11.9. The van der Waals surface area contributed by atoms with E-state index in [1.54, 1.807) is 38.2 Å². The van der Waals surface area contributed by atoms with Gasteiger partial charge in [-0.1, -0.05) is 0 Å². The quantitative estimate of drug-likeness (QED) is 0.833. The summed E-state index contributed by atoms with van der Waals surface area (Å²) in [6, 6.07) is 6.48. The van der Waals surface area contributed by atoms with E-state index in [9.17, 15) is 14.7 Å². The molecule has 2 N–H and O–H groups in total. The highest BCUT2D eigenvalue weighted by Crippen LogP contribution is 2.21. The van der Waals surface area contributed by atoms with Gasteiger partial charge in [0.05, 0.1) is 11.1 Å². The number of nitrogens with one attached hydrogen (secondary N) is 1. The van der Waals surface area contributed by atoms with Crippen LogP contribution >= 0.6 is 15.9 Å². The molecule has 108 valence electrons. The predicted octanol–water partition coefficient (Wildman–Crippen LogP) is 3.41. The lowest BCUT2D eigenvalue weighted by atomic mass is 10.0. The molecule has 0 saturated carbocycles. The molecule has 0 bridgehead atoms. The highest BCUT2D eigenvalue weighted by atomic mass is 79.9. The Morgan fingerprint density at radius 3 is 2.57 bits per heavy atom. The minimum Gasteiger partial charge on any atom is -0.478 e. The number of pyridine rings is 1. The van der Waals surface area contributed by atoms with Gasteiger partial charge in [-0.2, -0.15) is 0 Å². The number of benzene rings is 1. The third-order valence-electron chi connectivity index (χ3n) is 3.16. The molecule has 6 heteroatoms. The number of rotatable bonds is 3. The van der Waals surface area contributed by atoms with Crippen LogP contribution in [0.1, 0.15) is 31.8 Å². The Labute approximate surface area is 130 Å². The third kappa shape index (κ3) is 3.28. The number of carboxylic acid groups (broad SMARTS) is 1. The standard InChI is InChI=1S/C15H13BrN2O3/c1-8-6-10(7-12(9(8)2)15(20)21)18-14(19)11-4-3-5-17-13(11)16/h3-7H,1-2H3,(H,18,19)(H,20,21). The average Bonchev–Trinajstić information content (AvgIpc) is 2.42. The predicted molar refractivity (Wildman–Crippen MR) is 82.8 cm³/mol. The summed E-state index contributed by atoms with van der Waals surface area (Å²) in [6.07, 6.45) is 1.57. The molecule has 5 nitrogen and oxygen atoms in total. The topological polar surface area (TPSA) is 79.3 Å². The van der Waals surface area contributed by atoms with Crippen molar-refractivity contribution >= 4 is 33.5 Å². The minimum atomic E-state index is -1.02. The molecule has 0 saturated heterocycles. The molecule has 0 spiro atoms. The van der Waals surface area contributed by atoms with Crippen molar-refractivity contribution in [3.05, 3.63) is 57.3 Å². The molecule has 21 heavy (non-hydrogen) atoms. The van der Waals surface area contributed by atoms with Crippen molar-refractivity contribution < 1.29 is 14.7 Å². The molecule has 1 amide bonds. The summed E-state index contributed by atoms with van der Waals surface area (Å²) < 4.78 is 0.435. The molecule has 1 aromatic carbocycles. The highest BCUT2D eigenvalue weighted by Gasteiger charge is 2.14. The van der Waals surface area contributed by atoms with Crippen LogP contribution in [-0.4, -0.2) is 22.0 Å². The van der Waals surface area contributed by atoms with Crippen LogP contribution in [0.4, 0.5) is 5.69 Å². The van der Waals surface area contributed by atoms with E-state index in [-0.39, 0.29) is 11.5 Å². The molecule has 0 radical (unpaired) electrons. The summed E-state index contributed by atoms with van der Waals surface area (Å²) >= 11 is 3.21. The minimum absolute atomic E-state index is 0.176. The van der Waals surface area contributed by atoms with Crippen LogP contribution in [-0.2, 0) is 0 Å². The Balaban J connectivity index is 2.34. The van der Waals surface area contributed by atoms with Crippen LogP contribution in [0.3, 0.4) is 0 Å². The fraction of sp³-hybridized carbons (Fsp3) is 0.133. The van der Waals surface area contributed by atoms with Crippen LogP contribution in [0.15, 0.2) is 35.1 Å². The Bertz CT molecular complexity index is 729. The molecule has 0 aliphatic heterocycles. The second-order valence-electron chi connectivity index (χ2n) is 4.57. The van der Waals surface area contributed by atoms with E-state index in [0.29, 0.717) is 21.4 Å². The van der Waals surface area contributed by atoms with Crippen molar-refractivity contribution in [3.63, 3.8) is 0 Å². The highest BCUT2D eigenvalue weighted by molar-refractivity contribution is 9.10. The summed E-state index contributed by atoms with van der Waals surface area (Å²) in [7, 11) is 0. The van der Waals surface area contributed by atoms with E-state index >= 15 is 0 Å². The number of amides is 1. The zero-order valence-electron chi connectivity index (χ0n) is 11.5. The second-order valence-corrected chi connectivity index (χ2v) is 5.32. The van der Waals surface area contributed by atoms with E-state index in [0.717, 1.165) is 5.56 Å². The summed E-state index contributed by atoms with van der Waals surface area (Å²) in [5.74, 6) is -1.37. The molecule has 0 aliphatic carbocycles. The monoisotopic (exact) mass is 348 g/mol. The zero-order chi connectivity index (χ0) is 15.6. The van der Waals surface area contributed by atoms with Crippen LogP contribution < -0.4 is 5.32 Å². The molecule has 2 rings (SSSR count). The molecular weight excluding hydrogens is 336 g/mol. The first kappa shape index (κ1) is 15.2. The molecule has 0 unspecified atom stereocenters. The van der Waals surface area contributed by atoms with Crippen molar-refractivity contribution in [3.8, 4) is 0 Å². The maximum absolute atomic E-state index is 12.2. The van der Waals surface area contributed by atoms with Crippen molar-refractivity contribution in [2.45, 2.75) is 13.8 Å². The van der Waals surface area contributed by atoms with Crippen LogP contribution in [0.2, 0.25) is 0 Å². The van der Waals surface area contributed by atoms with Gasteiger partial charge >= 0.3 is 5.97 Å². The van der Waals surface area contributed by atoms with Gasteiger partial charge in [-0.05, 0) is 65.2 Å². The van der Waals surface area contributed by atoms with Gasteiger partial charge in [0.2, 0.25) is 0 Å². The fourth-order valence-electron chi connectivity index (χ4n) is 1.91. The van der Waals surface area contributed by atoms with Crippen molar-refractivity contribution in [1.29, 1.82) is 0 Å². The third-order valence-corrected chi connectivity index (χ3v) is 3.79. The van der Waals surface area contributed by atoms with Gasteiger partial charge in [-0.25, -0.2) is 9.78 Å². The molecule has 0 aliphatic rings. The van der Waals surface area contributed by atoms with Crippen molar-refractivity contribution in [2.24, 2.45) is 0 Å². The molecule has 0 fully saturated rings. The number of nitrogens with zero attached hydrogens (tertiary/aromatic N) is 1. The van der Waals surface area contributed by atoms with E-state index in [1.165, 1.54) is 6.07 Å². The number of carbonyl (C=O) groups is 2. The Kier molecular flexibility index (Phi) is 4.37. The molecule has 2 aromatic rings. The number of aryl methyl sites for hydroxylation is 1. The van der Waals surface area contributed by atoms with Gasteiger partial charge in [0.25, 0.3) is 5.91 Å². The lowest BCUT2D eigenvalue weighted by Crippen LogP contribution is -2.14. The SMILES string of the molecule is Cc1cc(NC(=O)c2cccnc2Br)cc(C(=O)O)c1C. The molecular formula is C15H13BrN2O3. The Morgan fingerprint density at radius 2 is 1.95 bits per heavy atom. The lowest BCUT2D eigenvalue weighted by Gasteiger charge is -2.11. The number of carboxylic acids is 1. The number of hydrogen-bond acceptors (Lipinski definition) is 3.